The first-order valence-corrected chi connectivity index (χ1v) is 6.52. The van der Waals surface area contributed by atoms with Gasteiger partial charge in [0.05, 0.1) is 12.2 Å². The predicted octanol–water partition coefficient (Wildman–Crippen LogP) is 2.53. The summed E-state index contributed by atoms with van der Waals surface area (Å²) in [6, 6.07) is 5.70. The lowest BCUT2D eigenvalue weighted by Gasteiger charge is -2.04. The van der Waals surface area contributed by atoms with Crippen molar-refractivity contribution < 1.29 is 9.53 Å². The van der Waals surface area contributed by atoms with E-state index in [1.165, 1.54) is 0 Å². The minimum absolute atomic E-state index is 0.209. The van der Waals surface area contributed by atoms with Crippen molar-refractivity contribution in [2.45, 2.75) is 13.8 Å². The molecule has 0 saturated carbocycles. The quantitative estimate of drug-likeness (QED) is 0.905. The molecule has 0 aliphatic carbocycles. The van der Waals surface area contributed by atoms with Gasteiger partial charge in [0, 0.05) is 4.47 Å². The lowest BCUT2D eigenvalue weighted by molar-refractivity contribution is 0.102. The summed E-state index contributed by atoms with van der Waals surface area (Å²) in [5.41, 5.74) is 1.60. The zero-order valence-corrected chi connectivity index (χ0v) is 12.1. The van der Waals surface area contributed by atoms with E-state index in [0.717, 1.165) is 10.0 Å². The molecule has 1 aromatic heterocycles. The maximum atomic E-state index is 12.0. The van der Waals surface area contributed by atoms with Gasteiger partial charge in [-0.2, -0.15) is 4.98 Å². The molecule has 2 N–H and O–H groups in total. The normalized spacial score (nSPS) is 10.3. The van der Waals surface area contributed by atoms with Gasteiger partial charge in [-0.15, -0.1) is 5.10 Å². The van der Waals surface area contributed by atoms with Crippen molar-refractivity contribution in [2.24, 2.45) is 0 Å². The molecule has 0 fully saturated rings. The van der Waals surface area contributed by atoms with Gasteiger partial charge >= 0.3 is 6.01 Å². The highest BCUT2D eigenvalue weighted by molar-refractivity contribution is 9.10. The third kappa shape index (κ3) is 3.31. The van der Waals surface area contributed by atoms with Gasteiger partial charge in [-0.1, -0.05) is 6.07 Å². The summed E-state index contributed by atoms with van der Waals surface area (Å²) in [4.78, 5) is 16.0. The summed E-state index contributed by atoms with van der Waals surface area (Å²) in [5.74, 6) is -0.0213. The van der Waals surface area contributed by atoms with Gasteiger partial charge in [0.2, 0.25) is 5.95 Å². The maximum Gasteiger partial charge on any atom is 0.337 e. The van der Waals surface area contributed by atoms with Crippen LogP contribution < -0.4 is 10.1 Å². The lowest BCUT2D eigenvalue weighted by Crippen LogP contribution is -2.13. The van der Waals surface area contributed by atoms with Crippen molar-refractivity contribution in [3.05, 3.63) is 33.8 Å². The highest BCUT2D eigenvalue weighted by atomic mass is 79.9. The molecular formula is C12H13BrN4O2. The Morgan fingerprint density at radius 3 is 3.00 bits per heavy atom. The second kappa shape index (κ2) is 5.83. The van der Waals surface area contributed by atoms with Crippen LogP contribution in [0.25, 0.3) is 0 Å². The zero-order chi connectivity index (χ0) is 13.8. The molecular weight excluding hydrogens is 312 g/mol. The van der Waals surface area contributed by atoms with E-state index in [1.54, 1.807) is 6.07 Å². The molecule has 1 amide bonds. The topological polar surface area (TPSA) is 79.9 Å². The largest absolute Gasteiger partial charge is 0.463 e. The fourth-order valence-corrected chi connectivity index (χ4v) is 2.15. The minimum Gasteiger partial charge on any atom is -0.463 e. The second-order valence-electron chi connectivity index (χ2n) is 3.84. The Balaban J connectivity index is 2.11. The fourth-order valence-electron chi connectivity index (χ4n) is 1.48. The Kier molecular flexibility index (Phi) is 4.16. The standard InChI is InChI=1S/C12H13BrN4O2/c1-3-19-12-15-11(16-17-12)14-10(18)8-5-4-7(2)6-9(8)13/h4-6H,3H2,1-2H3,(H2,14,15,16,17,18). The molecule has 0 saturated heterocycles. The number of halogens is 1. The zero-order valence-electron chi connectivity index (χ0n) is 10.5. The molecule has 0 spiro atoms. The molecule has 7 heteroatoms. The maximum absolute atomic E-state index is 12.0. The summed E-state index contributed by atoms with van der Waals surface area (Å²) in [6.45, 7) is 4.25. The van der Waals surface area contributed by atoms with E-state index < -0.39 is 0 Å². The third-order valence-corrected chi connectivity index (χ3v) is 3.00. The Morgan fingerprint density at radius 2 is 2.32 bits per heavy atom. The highest BCUT2D eigenvalue weighted by Crippen LogP contribution is 2.19. The van der Waals surface area contributed by atoms with Crippen LogP contribution in [-0.4, -0.2) is 27.7 Å². The van der Waals surface area contributed by atoms with Crippen LogP contribution in [0, 0.1) is 6.92 Å². The van der Waals surface area contributed by atoms with Gasteiger partial charge < -0.3 is 4.74 Å². The molecule has 0 aliphatic rings. The van der Waals surface area contributed by atoms with Crippen molar-refractivity contribution in [2.75, 3.05) is 11.9 Å². The first kappa shape index (κ1) is 13.5. The van der Waals surface area contributed by atoms with E-state index in [1.807, 2.05) is 26.0 Å². The number of ether oxygens (including phenoxy) is 1. The number of hydrogen-bond donors (Lipinski definition) is 2. The van der Waals surface area contributed by atoms with E-state index in [2.05, 4.69) is 36.4 Å². The number of aromatic nitrogens is 3. The molecule has 0 atom stereocenters. The molecule has 0 unspecified atom stereocenters. The van der Waals surface area contributed by atoms with Crippen LogP contribution in [0.2, 0.25) is 0 Å². The average molecular weight is 325 g/mol. The second-order valence-corrected chi connectivity index (χ2v) is 4.69. The predicted molar refractivity (Wildman–Crippen MR) is 74.4 cm³/mol. The Bertz CT molecular complexity index is 597. The number of H-pyrrole nitrogens is 1. The number of carbonyl (C=O) groups is 1. The van der Waals surface area contributed by atoms with Crippen LogP contribution in [0.5, 0.6) is 6.01 Å². The minimum atomic E-state index is -0.272. The molecule has 2 rings (SSSR count). The lowest BCUT2D eigenvalue weighted by atomic mass is 10.1. The summed E-state index contributed by atoms with van der Waals surface area (Å²) in [6.07, 6.45) is 0. The Hall–Kier alpha value is -1.89. The number of aromatic amines is 1. The van der Waals surface area contributed by atoms with Gasteiger partial charge in [0.25, 0.3) is 5.91 Å². The van der Waals surface area contributed by atoms with Gasteiger partial charge in [0.15, 0.2) is 0 Å². The number of aryl methyl sites for hydroxylation is 1. The monoisotopic (exact) mass is 324 g/mol. The van der Waals surface area contributed by atoms with E-state index in [4.69, 9.17) is 4.74 Å². The molecule has 1 heterocycles. The molecule has 1 aromatic carbocycles. The summed E-state index contributed by atoms with van der Waals surface area (Å²) < 4.78 is 5.83. The smallest absolute Gasteiger partial charge is 0.337 e. The SMILES string of the molecule is CCOc1n[nH]c(NC(=O)c2ccc(C)cc2Br)n1. The van der Waals surface area contributed by atoms with Crippen molar-refractivity contribution >= 4 is 27.8 Å². The molecule has 2 aromatic rings. The number of carbonyl (C=O) groups excluding carboxylic acids is 1. The van der Waals surface area contributed by atoms with Gasteiger partial charge in [-0.3, -0.25) is 10.1 Å². The van der Waals surface area contributed by atoms with Crippen molar-refractivity contribution in [1.82, 2.24) is 15.2 Å². The van der Waals surface area contributed by atoms with Crippen LogP contribution in [0.1, 0.15) is 22.8 Å². The van der Waals surface area contributed by atoms with Crippen LogP contribution in [-0.2, 0) is 0 Å². The summed E-state index contributed by atoms with van der Waals surface area (Å²) >= 11 is 3.36. The van der Waals surface area contributed by atoms with Crippen LogP contribution in [0.4, 0.5) is 5.95 Å². The number of rotatable bonds is 4. The highest BCUT2D eigenvalue weighted by Gasteiger charge is 2.12. The Morgan fingerprint density at radius 1 is 1.53 bits per heavy atom. The van der Waals surface area contributed by atoms with Gasteiger partial charge in [-0.25, -0.2) is 5.10 Å². The first-order chi connectivity index (χ1) is 9.10. The molecule has 100 valence electrons. The van der Waals surface area contributed by atoms with Crippen molar-refractivity contribution in [3.63, 3.8) is 0 Å². The fraction of sp³-hybridized carbons (Fsp3) is 0.250. The Labute approximate surface area is 118 Å². The molecule has 19 heavy (non-hydrogen) atoms. The van der Waals surface area contributed by atoms with E-state index in [-0.39, 0.29) is 17.9 Å². The molecule has 0 aliphatic heterocycles. The number of benzene rings is 1. The van der Waals surface area contributed by atoms with E-state index in [9.17, 15) is 4.79 Å². The van der Waals surface area contributed by atoms with Crippen molar-refractivity contribution in [1.29, 1.82) is 0 Å². The molecule has 0 bridgehead atoms. The first-order valence-electron chi connectivity index (χ1n) is 5.73. The van der Waals surface area contributed by atoms with Crippen LogP contribution in [0.15, 0.2) is 22.7 Å². The third-order valence-electron chi connectivity index (χ3n) is 2.34. The van der Waals surface area contributed by atoms with Gasteiger partial charge in [0.1, 0.15) is 0 Å². The number of amides is 1. The van der Waals surface area contributed by atoms with Crippen LogP contribution in [0.3, 0.4) is 0 Å². The van der Waals surface area contributed by atoms with E-state index >= 15 is 0 Å². The van der Waals surface area contributed by atoms with Gasteiger partial charge in [-0.05, 0) is 47.5 Å². The molecule has 6 nitrogen and oxygen atoms in total. The van der Waals surface area contributed by atoms with E-state index in [0.29, 0.717) is 12.2 Å². The average Bonchev–Trinajstić information content (AvgIpc) is 2.76. The molecule has 0 radical (unpaired) electrons. The van der Waals surface area contributed by atoms with Crippen molar-refractivity contribution in [3.8, 4) is 6.01 Å². The number of nitrogens with one attached hydrogen (secondary N) is 2. The van der Waals surface area contributed by atoms with Crippen LogP contribution >= 0.6 is 15.9 Å². The number of nitrogens with zero attached hydrogens (tertiary/aromatic N) is 2. The number of anilines is 1. The number of hydrogen-bond acceptors (Lipinski definition) is 4. The summed E-state index contributed by atoms with van der Waals surface area (Å²) in [5, 5.41) is 9.01. The summed E-state index contributed by atoms with van der Waals surface area (Å²) in [7, 11) is 0.